The van der Waals surface area contributed by atoms with Gasteiger partial charge in [0.1, 0.15) is 5.75 Å². The predicted octanol–water partition coefficient (Wildman–Crippen LogP) is 1.90. The van der Waals surface area contributed by atoms with E-state index in [0.29, 0.717) is 30.8 Å². The molecule has 0 spiro atoms. The van der Waals surface area contributed by atoms with Crippen molar-refractivity contribution in [2.45, 2.75) is 25.9 Å². The first kappa shape index (κ1) is 16.9. The number of nitro groups is 1. The fourth-order valence-corrected chi connectivity index (χ4v) is 1.74. The van der Waals surface area contributed by atoms with Gasteiger partial charge in [-0.3, -0.25) is 14.9 Å². The molecule has 0 saturated carbocycles. The lowest BCUT2D eigenvalue weighted by molar-refractivity contribution is -0.385. The minimum absolute atomic E-state index is 0.0121. The molecule has 0 fully saturated rings. The second-order valence-electron chi connectivity index (χ2n) is 4.90. The van der Waals surface area contributed by atoms with E-state index in [0.717, 1.165) is 0 Å². The Bertz CT molecular complexity index is 514. The molecule has 0 aliphatic heterocycles. The molecule has 0 radical (unpaired) electrons. The van der Waals surface area contributed by atoms with Gasteiger partial charge in [-0.1, -0.05) is 0 Å². The van der Waals surface area contributed by atoms with Crippen LogP contribution < -0.4 is 4.74 Å². The molecule has 1 N–H and O–H groups in total. The van der Waals surface area contributed by atoms with E-state index in [4.69, 9.17) is 4.74 Å². The number of hydrogen-bond acceptors (Lipinski definition) is 5. The van der Waals surface area contributed by atoms with Crippen LogP contribution in [0, 0.1) is 10.1 Å². The van der Waals surface area contributed by atoms with Gasteiger partial charge >= 0.3 is 0 Å². The standard InChI is InChI=1S/C14H20N2O5/c1-10(17)12-9-11(16(19)20)6-7-13(12)21-8-4-5-14(18)15(2)3/h6-7,9-10,17H,4-5,8H2,1-3H3/t10-/m0/s1. The molecule has 1 atom stereocenters. The van der Waals surface area contributed by atoms with Crippen molar-refractivity contribution in [2.24, 2.45) is 0 Å². The molecular formula is C14H20N2O5. The zero-order valence-corrected chi connectivity index (χ0v) is 12.4. The Morgan fingerprint density at radius 2 is 2.14 bits per heavy atom. The van der Waals surface area contributed by atoms with Gasteiger partial charge < -0.3 is 14.7 Å². The summed E-state index contributed by atoms with van der Waals surface area (Å²) in [5.74, 6) is 0.408. The topological polar surface area (TPSA) is 92.9 Å². The van der Waals surface area contributed by atoms with E-state index in [1.165, 1.54) is 30.0 Å². The van der Waals surface area contributed by atoms with Gasteiger partial charge in [0.05, 0.1) is 17.6 Å². The number of rotatable bonds is 7. The number of amides is 1. The maximum Gasteiger partial charge on any atom is 0.270 e. The molecule has 21 heavy (non-hydrogen) atoms. The maximum absolute atomic E-state index is 11.4. The van der Waals surface area contributed by atoms with Crippen LogP contribution in [0.3, 0.4) is 0 Å². The summed E-state index contributed by atoms with van der Waals surface area (Å²) < 4.78 is 5.51. The predicted molar refractivity (Wildman–Crippen MR) is 77.2 cm³/mol. The van der Waals surface area contributed by atoms with Crippen molar-refractivity contribution in [3.05, 3.63) is 33.9 Å². The molecule has 1 aromatic carbocycles. The molecule has 0 unspecified atom stereocenters. The fraction of sp³-hybridized carbons (Fsp3) is 0.500. The van der Waals surface area contributed by atoms with Gasteiger partial charge in [-0.25, -0.2) is 0 Å². The average Bonchev–Trinajstić information content (AvgIpc) is 2.42. The van der Waals surface area contributed by atoms with Crippen molar-refractivity contribution in [3.63, 3.8) is 0 Å². The van der Waals surface area contributed by atoms with Crippen LogP contribution in [0.2, 0.25) is 0 Å². The molecule has 7 heteroatoms. The van der Waals surface area contributed by atoms with Crippen molar-refractivity contribution in [1.29, 1.82) is 0 Å². The van der Waals surface area contributed by atoms with E-state index in [2.05, 4.69) is 0 Å². The van der Waals surface area contributed by atoms with Crippen LogP contribution >= 0.6 is 0 Å². The maximum atomic E-state index is 11.4. The van der Waals surface area contributed by atoms with Gasteiger partial charge in [0, 0.05) is 38.2 Å². The molecule has 1 aromatic rings. The quantitative estimate of drug-likeness (QED) is 0.471. The molecule has 0 bridgehead atoms. The molecule has 1 amide bonds. The lowest BCUT2D eigenvalue weighted by Gasteiger charge is -2.14. The van der Waals surface area contributed by atoms with Crippen molar-refractivity contribution in [3.8, 4) is 5.75 Å². The second-order valence-corrected chi connectivity index (χ2v) is 4.90. The molecule has 0 aromatic heterocycles. The zero-order valence-electron chi connectivity index (χ0n) is 12.4. The number of benzene rings is 1. The van der Waals surface area contributed by atoms with E-state index in [-0.39, 0.29) is 11.6 Å². The number of carbonyl (C=O) groups excluding carboxylic acids is 1. The summed E-state index contributed by atoms with van der Waals surface area (Å²) in [5.41, 5.74) is 0.268. The Morgan fingerprint density at radius 3 is 2.67 bits per heavy atom. The van der Waals surface area contributed by atoms with E-state index in [9.17, 15) is 20.0 Å². The number of ether oxygens (including phenoxy) is 1. The summed E-state index contributed by atoms with van der Waals surface area (Å²) in [6.45, 7) is 1.82. The highest BCUT2D eigenvalue weighted by atomic mass is 16.6. The lowest BCUT2D eigenvalue weighted by Crippen LogP contribution is -2.21. The van der Waals surface area contributed by atoms with Crippen LogP contribution in [-0.2, 0) is 4.79 Å². The fourth-order valence-electron chi connectivity index (χ4n) is 1.74. The molecule has 1 rings (SSSR count). The van der Waals surface area contributed by atoms with Gasteiger partial charge in [0.25, 0.3) is 5.69 Å². The minimum atomic E-state index is -0.872. The lowest BCUT2D eigenvalue weighted by atomic mass is 10.1. The van der Waals surface area contributed by atoms with Crippen molar-refractivity contribution in [2.75, 3.05) is 20.7 Å². The molecule has 0 heterocycles. The summed E-state index contributed by atoms with van der Waals surface area (Å²) in [6, 6.07) is 4.09. The number of nitrogens with zero attached hydrogens (tertiary/aromatic N) is 2. The summed E-state index contributed by atoms with van der Waals surface area (Å²) in [4.78, 5) is 23.1. The number of carbonyl (C=O) groups is 1. The Hall–Kier alpha value is -2.15. The van der Waals surface area contributed by atoms with Gasteiger partial charge in [0.2, 0.25) is 5.91 Å². The molecule has 0 aliphatic carbocycles. The second kappa shape index (κ2) is 7.58. The summed E-state index contributed by atoms with van der Waals surface area (Å²) >= 11 is 0. The highest BCUT2D eigenvalue weighted by Gasteiger charge is 2.15. The Labute approximate surface area is 123 Å². The third-order valence-corrected chi connectivity index (χ3v) is 2.95. The number of aliphatic hydroxyl groups is 1. The molecule has 7 nitrogen and oxygen atoms in total. The summed E-state index contributed by atoms with van der Waals surface area (Å²) in [6.07, 6.45) is 0.0281. The van der Waals surface area contributed by atoms with E-state index < -0.39 is 11.0 Å². The highest BCUT2D eigenvalue weighted by molar-refractivity contribution is 5.75. The van der Waals surface area contributed by atoms with E-state index in [1.54, 1.807) is 14.1 Å². The smallest absolute Gasteiger partial charge is 0.270 e. The van der Waals surface area contributed by atoms with Crippen LogP contribution in [0.25, 0.3) is 0 Å². The largest absolute Gasteiger partial charge is 0.493 e. The average molecular weight is 296 g/mol. The van der Waals surface area contributed by atoms with Gasteiger partial charge in [-0.05, 0) is 19.4 Å². The van der Waals surface area contributed by atoms with Crippen molar-refractivity contribution in [1.82, 2.24) is 4.90 Å². The normalized spacial score (nSPS) is 11.8. The van der Waals surface area contributed by atoms with Crippen LogP contribution in [0.5, 0.6) is 5.75 Å². The van der Waals surface area contributed by atoms with Crippen LogP contribution in [0.1, 0.15) is 31.4 Å². The first-order chi connectivity index (χ1) is 9.82. The molecule has 0 saturated heterocycles. The molecule has 0 aliphatic rings. The first-order valence-electron chi connectivity index (χ1n) is 6.62. The summed E-state index contributed by atoms with van der Waals surface area (Å²) in [5, 5.41) is 20.4. The highest BCUT2D eigenvalue weighted by Crippen LogP contribution is 2.29. The zero-order chi connectivity index (χ0) is 16.0. The Morgan fingerprint density at radius 1 is 1.48 bits per heavy atom. The van der Waals surface area contributed by atoms with Gasteiger partial charge in [0.15, 0.2) is 0 Å². The van der Waals surface area contributed by atoms with Crippen molar-refractivity contribution < 1.29 is 19.6 Å². The van der Waals surface area contributed by atoms with E-state index >= 15 is 0 Å². The monoisotopic (exact) mass is 296 g/mol. The number of non-ortho nitro benzene ring substituents is 1. The third-order valence-electron chi connectivity index (χ3n) is 2.95. The van der Waals surface area contributed by atoms with Gasteiger partial charge in [-0.2, -0.15) is 0 Å². The Balaban J connectivity index is 2.66. The third kappa shape index (κ3) is 5.03. The number of aliphatic hydroxyl groups excluding tert-OH is 1. The molecular weight excluding hydrogens is 276 g/mol. The SMILES string of the molecule is C[C@H](O)c1cc([N+](=O)[O-])ccc1OCCCC(=O)N(C)C. The summed E-state index contributed by atoms with van der Waals surface area (Å²) in [7, 11) is 3.37. The van der Waals surface area contributed by atoms with Crippen LogP contribution in [0.4, 0.5) is 5.69 Å². The minimum Gasteiger partial charge on any atom is -0.493 e. The number of nitro benzene ring substituents is 1. The van der Waals surface area contributed by atoms with Crippen LogP contribution in [0.15, 0.2) is 18.2 Å². The number of hydrogen-bond donors (Lipinski definition) is 1. The van der Waals surface area contributed by atoms with Crippen LogP contribution in [-0.4, -0.2) is 41.5 Å². The van der Waals surface area contributed by atoms with E-state index in [1.807, 2.05) is 0 Å². The Kier molecular flexibility index (Phi) is 6.10. The van der Waals surface area contributed by atoms with Crippen molar-refractivity contribution >= 4 is 11.6 Å². The molecule has 116 valence electrons. The first-order valence-corrected chi connectivity index (χ1v) is 6.62. The van der Waals surface area contributed by atoms with Gasteiger partial charge in [-0.15, -0.1) is 0 Å².